The lowest BCUT2D eigenvalue weighted by Crippen LogP contribution is -2.00. The summed E-state index contributed by atoms with van der Waals surface area (Å²) < 4.78 is 7.43. The minimum Gasteiger partial charge on any atom is -0.495 e. The maximum atomic E-state index is 5.98. The molecule has 0 aliphatic carbocycles. The Morgan fingerprint density at radius 3 is 2.83 bits per heavy atom. The molecule has 0 atom stereocenters. The molecule has 1 heterocycles. The number of rotatable bonds is 5. The molecule has 96 valence electrons. The number of hydrogen-bond donors (Lipinski definition) is 1. The quantitative estimate of drug-likeness (QED) is 0.889. The first-order valence-corrected chi connectivity index (χ1v) is 6.32. The number of aromatic nitrogens is 1. The number of nitrogens with zero attached hydrogens (tertiary/aromatic N) is 1. The van der Waals surface area contributed by atoms with E-state index in [-0.39, 0.29) is 0 Å². The van der Waals surface area contributed by atoms with Crippen LogP contribution in [0.3, 0.4) is 0 Å². The van der Waals surface area contributed by atoms with Crippen molar-refractivity contribution in [3.8, 4) is 5.75 Å². The lowest BCUT2D eigenvalue weighted by atomic mass is 10.2. The van der Waals surface area contributed by atoms with E-state index in [0.29, 0.717) is 5.02 Å². The molecule has 3 nitrogen and oxygen atoms in total. The monoisotopic (exact) mass is 264 g/mol. The number of nitrogens with one attached hydrogen (secondary N) is 1. The van der Waals surface area contributed by atoms with Gasteiger partial charge in [0.2, 0.25) is 0 Å². The van der Waals surface area contributed by atoms with Crippen LogP contribution in [0.25, 0.3) is 0 Å². The van der Waals surface area contributed by atoms with Gasteiger partial charge in [-0.05, 0) is 36.8 Å². The Labute approximate surface area is 112 Å². The molecular weight excluding hydrogens is 248 g/mol. The SMILES string of the molecule is CCn1ccc(CNc2cc(Cl)ccc2OC)c1. The maximum Gasteiger partial charge on any atom is 0.142 e. The molecule has 0 radical (unpaired) electrons. The van der Waals surface area contributed by atoms with Crippen molar-refractivity contribution in [2.24, 2.45) is 0 Å². The van der Waals surface area contributed by atoms with Crippen LogP contribution >= 0.6 is 11.6 Å². The Morgan fingerprint density at radius 2 is 2.17 bits per heavy atom. The summed E-state index contributed by atoms with van der Waals surface area (Å²) in [5, 5.41) is 4.03. The zero-order chi connectivity index (χ0) is 13.0. The minimum absolute atomic E-state index is 0.699. The van der Waals surface area contributed by atoms with Crippen molar-refractivity contribution in [2.45, 2.75) is 20.0 Å². The van der Waals surface area contributed by atoms with Gasteiger partial charge in [-0.3, -0.25) is 0 Å². The van der Waals surface area contributed by atoms with Crippen LogP contribution in [0.1, 0.15) is 12.5 Å². The number of hydrogen-bond acceptors (Lipinski definition) is 2. The largest absolute Gasteiger partial charge is 0.495 e. The number of ether oxygens (including phenoxy) is 1. The molecule has 2 rings (SSSR count). The van der Waals surface area contributed by atoms with E-state index in [4.69, 9.17) is 16.3 Å². The predicted octanol–water partition coefficient (Wildman–Crippen LogP) is 3.78. The molecule has 0 spiro atoms. The van der Waals surface area contributed by atoms with E-state index in [2.05, 4.69) is 35.3 Å². The van der Waals surface area contributed by atoms with Gasteiger partial charge in [0.05, 0.1) is 12.8 Å². The van der Waals surface area contributed by atoms with Crippen LogP contribution in [0.5, 0.6) is 5.75 Å². The highest BCUT2D eigenvalue weighted by Gasteiger charge is 2.04. The van der Waals surface area contributed by atoms with Crippen molar-refractivity contribution in [2.75, 3.05) is 12.4 Å². The fourth-order valence-electron chi connectivity index (χ4n) is 1.81. The number of methoxy groups -OCH3 is 1. The van der Waals surface area contributed by atoms with Crippen LogP contribution in [0.4, 0.5) is 5.69 Å². The van der Waals surface area contributed by atoms with Gasteiger partial charge in [-0.25, -0.2) is 0 Å². The Bertz CT molecular complexity index is 522. The Morgan fingerprint density at radius 1 is 1.33 bits per heavy atom. The smallest absolute Gasteiger partial charge is 0.142 e. The highest BCUT2D eigenvalue weighted by molar-refractivity contribution is 6.30. The van der Waals surface area contributed by atoms with E-state index in [1.165, 1.54) is 5.56 Å². The number of anilines is 1. The highest BCUT2D eigenvalue weighted by Crippen LogP contribution is 2.28. The molecule has 0 saturated carbocycles. The zero-order valence-electron chi connectivity index (χ0n) is 10.6. The van der Waals surface area contributed by atoms with E-state index < -0.39 is 0 Å². The second-order valence-corrected chi connectivity index (χ2v) is 4.48. The van der Waals surface area contributed by atoms with E-state index in [9.17, 15) is 0 Å². The van der Waals surface area contributed by atoms with Crippen molar-refractivity contribution < 1.29 is 4.74 Å². The average Bonchev–Trinajstić information content (AvgIpc) is 2.84. The molecule has 0 aliphatic heterocycles. The molecule has 1 aromatic carbocycles. The van der Waals surface area contributed by atoms with Gasteiger partial charge in [0.15, 0.2) is 0 Å². The molecule has 0 saturated heterocycles. The summed E-state index contributed by atoms with van der Waals surface area (Å²) in [5.41, 5.74) is 2.15. The summed E-state index contributed by atoms with van der Waals surface area (Å²) in [5.74, 6) is 0.800. The second-order valence-electron chi connectivity index (χ2n) is 4.05. The Hall–Kier alpha value is -1.61. The minimum atomic E-state index is 0.699. The molecule has 0 unspecified atom stereocenters. The summed E-state index contributed by atoms with van der Waals surface area (Å²) >= 11 is 5.98. The van der Waals surface area contributed by atoms with E-state index >= 15 is 0 Å². The van der Waals surface area contributed by atoms with Crippen LogP contribution in [-0.4, -0.2) is 11.7 Å². The lowest BCUT2D eigenvalue weighted by molar-refractivity contribution is 0.416. The molecule has 18 heavy (non-hydrogen) atoms. The summed E-state index contributed by atoms with van der Waals surface area (Å²) in [4.78, 5) is 0. The first-order valence-electron chi connectivity index (χ1n) is 5.95. The van der Waals surface area contributed by atoms with Crippen LogP contribution < -0.4 is 10.1 Å². The summed E-state index contributed by atoms with van der Waals surface area (Å²) in [6, 6.07) is 7.66. The van der Waals surface area contributed by atoms with Crippen molar-refractivity contribution in [1.29, 1.82) is 0 Å². The molecule has 1 N–H and O–H groups in total. The van der Waals surface area contributed by atoms with Crippen LogP contribution in [0, 0.1) is 0 Å². The van der Waals surface area contributed by atoms with Gasteiger partial charge in [-0.1, -0.05) is 11.6 Å². The molecule has 0 amide bonds. The Balaban J connectivity index is 2.07. The molecule has 1 aromatic heterocycles. The van der Waals surface area contributed by atoms with Gasteiger partial charge in [0, 0.05) is 30.5 Å². The van der Waals surface area contributed by atoms with E-state index in [0.717, 1.165) is 24.5 Å². The molecule has 2 aromatic rings. The van der Waals surface area contributed by atoms with E-state index in [1.54, 1.807) is 7.11 Å². The van der Waals surface area contributed by atoms with Gasteiger partial charge in [0.1, 0.15) is 5.75 Å². The normalized spacial score (nSPS) is 10.4. The van der Waals surface area contributed by atoms with E-state index in [1.807, 2.05) is 18.2 Å². The van der Waals surface area contributed by atoms with Crippen LogP contribution in [0.15, 0.2) is 36.7 Å². The van der Waals surface area contributed by atoms with Gasteiger partial charge in [0.25, 0.3) is 0 Å². The molecule has 0 bridgehead atoms. The first-order chi connectivity index (χ1) is 8.72. The molecule has 0 aliphatic rings. The van der Waals surface area contributed by atoms with Gasteiger partial charge >= 0.3 is 0 Å². The molecular formula is C14H17ClN2O. The van der Waals surface area contributed by atoms with Crippen LogP contribution in [0.2, 0.25) is 5.02 Å². The molecule has 4 heteroatoms. The van der Waals surface area contributed by atoms with Gasteiger partial charge in [-0.15, -0.1) is 0 Å². The van der Waals surface area contributed by atoms with Gasteiger partial charge in [-0.2, -0.15) is 0 Å². The number of benzene rings is 1. The third kappa shape index (κ3) is 2.99. The maximum absolute atomic E-state index is 5.98. The topological polar surface area (TPSA) is 26.2 Å². The van der Waals surface area contributed by atoms with Crippen molar-refractivity contribution in [3.63, 3.8) is 0 Å². The fraction of sp³-hybridized carbons (Fsp3) is 0.286. The summed E-state index contributed by atoms with van der Waals surface area (Å²) in [6.45, 7) is 3.86. The Kier molecular flexibility index (Phi) is 4.15. The third-order valence-corrected chi connectivity index (χ3v) is 3.06. The second kappa shape index (κ2) is 5.83. The first kappa shape index (κ1) is 12.8. The van der Waals surface area contributed by atoms with Crippen molar-refractivity contribution >= 4 is 17.3 Å². The number of halogens is 1. The summed E-state index contributed by atoms with van der Waals surface area (Å²) in [7, 11) is 1.65. The van der Waals surface area contributed by atoms with Crippen molar-refractivity contribution in [3.05, 3.63) is 47.2 Å². The number of aryl methyl sites for hydroxylation is 1. The van der Waals surface area contributed by atoms with Crippen LogP contribution in [-0.2, 0) is 13.1 Å². The molecule has 0 fully saturated rings. The standard InChI is InChI=1S/C14H17ClN2O/c1-3-17-7-6-11(10-17)9-16-13-8-12(15)4-5-14(13)18-2/h4-8,10,16H,3,9H2,1-2H3. The highest BCUT2D eigenvalue weighted by atomic mass is 35.5. The average molecular weight is 265 g/mol. The zero-order valence-corrected chi connectivity index (χ0v) is 11.4. The summed E-state index contributed by atoms with van der Waals surface area (Å²) in [6.07, 6.45) is 4.20. The predicted molar refractivity (Wildman–Crippen MR) is 75.4 cm³/mol. The third-order valence-electron chi connectivity index (χ3n) is 2.82. The fourth-order valence-corrected chi connectivity index (χ4v) is 1.98. The lowest BCUT2D eigenvalue weighted by Gasteiger charge is -2.10. The van der Waals surface area contributed by atoms with Gasteiger partial charge < -0.3 is 14.6 Å². The van der Waals surface area contributed by atoms with Crippen molar-refractivity contribution in [1.82, 2.24) is 4.57 Å².